The first kappa shape index (κ1) is 10.2. The van der Waals surface area contributed by atoms with E-state index in [0.717, 1.165) is 6.42 Å². The first-order valence-electron chi connectivity index (χ1n) is 4.02. The fraction of sp³-hybridized carbons (Fsp3) is 0.700. The lowest BCUT2D eigenvalue weighted by Gasteiger charge is -2.22. The molecule has 0 aromatic heterocycles. The normalized spacial score (nSPS) is 13.6. The van der Waals surface area contributed by atoms with Gasteiger partial charge in [-0.15, -0.1) is 6.58 Å². The van der Waals surface area contributed by atoms with Crippen molar-refractivity contribution in [3.05, 3.63) is 12.7 Å². The molecule has 0 bridgehead atoms. The molecule has 0 aliphatic rings. The molecule has 0 saturated heterocycles. The lowest BCUT2D eigenvalue weighted by atomic mass is 9.83. The fourth-order valence-corrected chi connectivity index (χ4v) is 1.21. The predicted octanol–water partition coefficient (Wildman–Crippen LogP) is 3.14. The van der Waals surface area contributed by atoms with Crippen LogP contribution in [0.1, 0.15) is 33.6 Å². The summed E-state index contributed by atoms with van der Waals surface area (Å²) in [7, 11) is 0. The van der Waals surface area contributed by atoms with E-state index in [1.807, 2.05) is 6.08 Å². The topological polar surface area (TPSA) is 23.8 Å². The number of rotatable bonds is 4. The van der Waals surface area contributed by atoms with Gasteiger partial charge in [-0.05, 0) is 17.8 Å². The van der Waals surface area contributed by atoms with E-state index in [0.29, 0.717) is 12.3 Å². The number of hydrogen-bond donors (Lipinski definition) is 0. The van der Waals surface area contributed by atoms with E-state index in [-0.39, 0.29) is 5.41 Å². The average molecular weight is 151 g/mol. The summed E-state index contributed by atoms with van der Waals surface area (Å²) in [6, 6.07) is 2.18. The van der Waals surface area contributed by atoms with Crippen molar-refractivity contribution < 1.29 is 0 Å². The molecule has 0 fully saturated rings. The summed E-state index contributed by atoms with van der Waals surface area (Å²) >= 11 is 0. The molecule has 0 heterocycles. The molecule has 0 spiro atoms. The number of hydrogen-bond acceptors (Lipinski definition) is 1. The summed E-state index contributed by atoms with van der Waals surface area (Å²) < 4.78 is 0. The van der Waals surface area contributed by atoms with Gasteiger partial charge in [-0.1, -0.05) is 26.8 Å². The molecule has 0 aromatic rings. The highest BCUT2D eigenvalue weighted by Crippen LogP contribution is 2.27. The van der Waals surface area contributed by atoms with Crippen LogP contribution in [-0.2, 0) is 0 Å². The molecule has 0 saturated carbocycles. The Morgan fingerprint density at radius 1 is 1.64 bits per heavy atom. The van der Waals surface area contributed by atoms with Crippen LogP contribution in [0.15, 0.2) is 12.7 Å². The molecule has 62 valence electrons. The molecule has 11 heavy (non-hydrogen) atoms. The van der Waals surface area contributed by atoms with Crippen LogP contribution in [0.2, 0.25) is 0 Å². The maximum atomic E-state index is 8.43. The van der Waals surface area contributed by atoms with Gasteiger partial charge in [-0.25, -0.2) is 0 Å². The zero-order chi connectivity index (χ0) is 8.91. The van der Waals surface area contributed by atoms with Gasteiger partial charge >= 0.3 is 0 Å². The van der Waals surface area contributed by atoms with E-state index < -0.39 is 0 Å². The maximum absolute atomic E-state index is 8.43. The van der Waals surface area contributed by atoms with E-state index in [9.17, 15) is 0 Å². The molecule has 0 aliphatic carbocycles. The van der Waals surface area contributed by atoms with E-state index in [4.69, 9.17) is 5.26 Å². The van der Waals surface area contributed by atoms with Gasteiger partial charge in [-0.3, -0.25) is 0 Å². The van der Waals surface area contributed by atoms with Crippen molar-refractivity contribution in [2.75, 3.05) is 0 Å². The minimum Gasteiger partial charge on any atom is -0.198 e. The third-order valence-electron chi connectivity index (χ3n) is 1.87. The second-order valence-electron chi connectivity index (χ2n) is 3.86. The zero-order valence-electron chi connectivity index (χ0n) is 7.72. The minimum absolute atomic E-state index is 0.177. The van der Waals surface area contributed by atoms with Crippen molar-refractivity contribution >= 4 is 0 Å². The summed E-state index contributed by atoms with van der Waals surface area (Å²) in [5.41, 5.74) is 0.177. The molecular weight excluding hydrogens is 134 g/mol. The molecule has 0 amide bonds. The quantitative estimate of drug-likeness (QED) is 0.566. The molecule has 0 N–H and O–H groups in total. The third kappa shape index (κ3) is 4.61. The number of allylic oxidation sites excluding steroid dienone is 1. The standard InChI is InChI=1S/C10H17N/c1-5-10(3,4)8-9(2)6-7-11/h5,9H,1,6,8H2,2-4H3. The highest BCUT2D eigenvalue weighted by atomic mass is 14.3. The van der Waals surface area contributed by atoms with E-state index >= 15 is 0 Å². The Morgan fingerprint density at radius 2 is 2.18 bits per heavy atom. The second kappa shape index (κ2) is 4.18. The molecular formula is C10H17N. The fourth-order valence-electron chi connectivity index (χ4n) is 1.21. The summed E-state index contributed by atoms with van der Waals surface area (Å²) in [6.07, 6.45) is 3.65. The van der Waals surface area contributed by atoms with Crippen LogP contribution in [0.3, 0.4) is 0 Å². The van der Waals surface area contributed by atoms with Crippen LogP contribution in [0, 0.1) is 22.7 Å². The summed E-state index contributed by atoms with van der Waals surface area (Å²) in [6.45, 7) is 10.2. The van der Waals surface area contributed by atoms with Gasteiger partial charge in [0, 0.05) is 6.42 Å². The van der Waals surface area contributed by atoms with Crippen molar-refractivity contribution in [3.8, 4) is 6.07 Å². The van der Waals surface area contributed by atoms with Gasteiger partial charge in [-0.2, -0.15) is 5.26 Å². The van der Waals surface area contributed by atoms with Crippen LogP contribution in [0.25, 0.3) is 0 Å². The van der Waals surface area contributed by atoms with Crippen molar-refractivity contribution in [1.29, 1.82) is 5.26 Å². The summed E-state index contributed by atoms with van der Waals surface area (Å²) in [5, 5.41) is 8.43. The van der Waals surface area contributed by atoms with Gasteiger partial charge in [0.05, 0.1) is 6.07 Å². The van der Waals surface area contributed by atoms with E-state index in [1.54, 1.807) is 0 Å². The lowest BCUT2D eigenvalue weighted by molar-refractivity contribution is 0.353. The van der Waals surface area contributed by atoms with Crippen LogP contribution < -0.4 is 0 Å². The minimum atomic E-state index is 0.177. The molecule has 1 nitrogen and oxygen atoms in total. The third-order valence-corrected chi connectivity index (χ3v) is 1.87. The largest absolute Gasteiger partial charge is 0.198 e. The Hall–Kier alpha value is -0.770. The Morgan fingerprint density at radius 3 is 2.55 bits per heavy atom. The van der Waals surface area contributed by atoms with Gasteiger partial charge < -0.3 is 0 Å². The molecule has 1 atom stereocenters. The maximum Gasteiger partial charge on any atom is 0.0624 e. The van der Waals surface area contributed by atoms with Gasteiger partial charge in [0.1, 0.15) is 0 Å². The van der Waals surface area contributed by atoms with E-state index in [2.05, 4.69) is 33.4 Å². The molecule has 1 unspecified atom stereocenters. The van der Waals surface area contributed by atoms with Gasteiger partial charge in [0.2, 0.25) is 0 Å². The Bertz CT molecular complexity index is 162. The second-order valence-corrected chi connectivity index (χ2v) is 3.86. The molecule has 0 radical (unpaired) electrons. The van der Waals surface area contributed by atoms with Crippen molar-refractivity contribution in [2.24, 2.45) is 11.3 Å². The number of nitriles is 1. The summed E-state index contributed by atoms with van der Waals surface area (Å²) in [5.74, 6) is 0.480. The van der Waals surface area contributed by atoms with Crippen molar-refractivity contribution in [3.63, 3.8) is 0 Å². The van der Waals surface area contributed by atoms with Crippen molar-refractivity contribution in [2.45, 2.75) is 33.6 Å². The van der Waals surface area contributed by atoms with Crippen LogP contribution >= 0.6 is 0 Å². The molecule has 1 heteroatoms. The zero-order valence-corrected chi connectivity index (χ0v) is 7.72. The Balaban J connectivity index is 3.84. The highest BCUT2D eigenvalue weighted by molar-refractivity contribution is 4.89. The predicted molar refractivity (Wildman–Crippen MR) is 48.0 cm³/mol. The summed E-state index contributed by atoms with van der Waals surface area (Å²) in [4.78, 5) is 0. The van der Waals surface area contributed by atoms with E-state index in [1.165, 1.54) is 0 Å². The smallest absolute Gasteiger partial charge is 0.0624 e. The Kier molecular flexibility index (Phi) is 3.89. The van der Waals surface area contributed by atoms with Crippen molar-refractivity contribution in [1.82, 2.24) is 0 Å². The van der Waals surface area contributed by atoms with Gasteiger partial charge in [0.25, 0.3) is 0 Å². The average Bonchev–Trinajstić information content (AvgIpc) is 1.87. The monoisotopic (exact) mass is 151 g/mol. The molecule has 0 rings (SSSR count). The SMILES string of the molecule is C=CC(C)(C)CC(C)CC#N. The lowest BCUT2D eigenvalue weighted by Crippen LogP contribution is -2.11. The van der Waals surface area contributed by atoms with Gasteiger partial charge in [0.15, 0.2) is 0 Å². The van der Waals surface area contributed by atoms with Crippen LogP contribution in [0.5, 0.6) is 0 Å². The highest BCUT2D eigenvalue weighted by Gasteiger charge is 2.16. The molecule has 0 aromatic carbocycles. The Labute approximate surface area is 69.7 Å². The molecule has 0 aliphatic heterocycles. The first-order valence-corrected chi connectivity index (χ1v) is 4.02. The van der Waals surface area contributed by atoms with Crippen LogP contribution in [-0.4, -0.2) is 0 Å². The van der Waals surface area contributed by atoms with Crippen LogP contribution in [0.4, 0.5) is 0 Å². The first-order chi connectivity index (χ1) is 5.02. The number of nitrogens with zero attached hydrogens (tertiary/aromatic N) is 1.